The summed E-state index contributed by atoms with van der Waals surface area (Å²) in [5, 5.41) is 36.8. The van der Waals surface area contributed by atoms with Crippen LogP contribution < -0.4 is 11.5 Å². The van der Waals surface area contributed by atoms with E-state index in [1.165, 1.54) is 0 Å². The molecule has 10 nitrogen and oxygen atoms in total. The maximum atomic E-state index is 11.4. The number of hydrogen-bond acceptors (Lipinski definition) is 6. The van der Waals surface area contributed by atoms with Crippen molar-refractivity contribution in [2.75, 3.05) is 0 Å². The number of carboxylic acids is 4. The van der Waals surface area contributed by atoms with Crippen LogP contribution in [0.1, 0.15) is 38.5 Å². The van der Waals surface area contributed by atoms with E-state index in [1.807, 2.05) is 0 Å². The van der Waals surface area contributed by atoms with E-state index in [1.54, 1.807) is 0 Å². The van der Waals surface area contributed by atoms with Crippen molar-refractivity contribution in [2.45, 2.75) is 50.1 Å². The molecule has 24 heavy (non-hydrogen) atoms. The number of nitrogens with two attached hydrogens (primary N) is 2. The molecule has 0 saturated heterocycles. The van der Waals surface area contributed by atoms with Gasteiger partial charge in [-0.1, -0.05) is 0 Å². The van der Waals surface area contributed by atoms with E-state index in [9.17, 15) is 29.4 Å². The van der Waals surface area contributed by atoms with E-state index in [0.717, 1.165) is 0 Å². The molecular weight excluding hydrogens is 324 g/mol. The van der Waals surface area contributed by atoms with E-state index in [2.05, 4.69) is 0 Å². The summed E-state index contributed by atoms with van der Waals surface area (Å²) in [4.78, 5) is 45.2. The zero-order valence-electron chi connectivity index (χ0n) is 13.0. The second-order valence-corrected chi connectivity index (χ2v) is 6.43. The molecule has 0 radical (unpaired) electrons. The predicted molar refractivity (Wildman–Crippen MR) is 79.1 cm³/mol. The van der Waals surface area contributed by atoms with E-state index in [0.29, 0.717) is 0 Å². The Balaban J connectivity index is 3.54. The van der Waals surface area contributed by atoms with Crippen molar-refractivity contribution < 1.29 is 39.6 Å². The van der Waals surface area contributed by atoms with Gasteiger partial charge in [0.05, 0.1) is 25.7 Å². The van der Waals surface area contributed by atoms with Crippen LogP contribution in [0.2, 0.25) is 0 Å². The molecule has 0 aromatic rings. The maximum absolute atomic E-state index is 11.4. The summed E-state index contributed by atoms with van der Waals surface area (Å²) in [6.07, 6.45) is -2.61. The van der Waals surface area contributed by atoms with E-state index < -0.39 is 72.5 Å². The van der Waals surface area contributed by atoms with E-state index in [-0.39, 0.29) is 12.8 Å². The fourth-order valence-electron chi connectivity index (χ4n) is 3.94. The predicted octanol–water partition coefficient (Wildman–Crippen LogP) is -0.694. The Kier molecular flexibility index (Phi) is 5.90. The highest BCUT2D eigenvalue weighted by Gasteiger charge is 2.60. The van der Waals surface area contributed by atoms with Gasteiger partial charge in [0.25, 0.3) is 0 Å². The van der Waals surface area contributed by atoms with Crippen LogP contribution in [0.4, 0.5) is 0 Å². The van der Waals surface area contributed by atoms with Crippen molar-refractivity contribution in [2.24, 2.45) is 22.8 Å². The Morgan fingerprint density at radius 1 is 0.875 bits per heavy atom. The molecule has 0 spiro atoms. The van der Waals surface area contributed by atoms with Gasteiger partial charge in [-0.05, 0) is 18.8 Å². The third-order valence-corrected chi connectivity index (χ3v) is 4.94. The van der Waals surface area contributed by atoms with Crippen molar-refractivity contribution in [3.05, 3.63) is 0 Å². The fraction of sp³-hybridized carbons (Fsp3) is 0.714. The molecule has 1 aliphatic carbocycles. The summed E-state index contributed by atoms with van der Waals surface area (Å²) in [7, 11) is 0. The summed E-state index contributed by atoms with van der Waals surface area (Å²) in [6.45, 7) is 0. The Hall–Kier alpha value is -2.20. The molecule has 0 aliphatic heterocycles. The van der Waals surface area contributed by atoms with Crippen LogP contribution in [0.25, 0.3) is 0 Å². The smallest absolute Gasteiger partial charge is 0.305 e. The maximum Gasteiger partial charge on any atom is 0.305 e. The van der Waals surface area contributed by atoms with Gasteiger partial charge < -0.3 is 31.9 Å². The van der Waals surface area contributed by atoms with Gasteiger partial charge in [0.1, 0.15) is 0 Å². The van der Waals surface area contributed by atoms with E-state index in [4.69, 9.17) is 21.7 Å². The van der Waals surface area contributed by atoms with Crippen LogP contribution in [0.3, 0.4) is 0 Å². The van der Waals surface area contributed by atoms with Gasteiger partial charge in [0, 0.05) is 17.0 Å². The highest BCUT2D eigenvalue weighted by Crippen LogP contribution is 2.54. The zero-order chi connectivity index (χ0) is 18.7. The molecule has 0 aromatic carbocycles. The van der Waals surface area contributed by atoms with Crippen molar-refractivity contribution in [1.82, 2.24) is 0 Å². The van der Waals surface area contributed by atoms with Gasteiger partial charge in [-0.3, -0.25) is 19.2 Å². The SMILES string of the molecule is NC1CCC(N)(CC(=O)O)C(CC(=O)O)(CC(=O)O)C1CC(=O)O. The van der Waals surface area contributed by atoms with E-state index >= 15 is 0 Å². The molecule has 0 bridgehead atoms. The first kappa shape index (κ1) is 19.8. The van der Waals surface area contributed by atoms with Gasteiger partial charge in [0.2, 0.25) is 0 Å². The zero-order valence-corrected chi connectivity index (χ0v) is 13.0. The molecule has 3 unspecified atom stereocenters. The first-order chi connectivity index (χ1) is 10.9. The summed E-state index contributed by atoms with van der Waals surface area (Å²) in [5.74, 6) is -6.44. The molecule has 0 amide bonds. The monoisotopic (exact) mass is 346 g/mol. The van der Waals surface area contributed by atoms with Crippen LogP contribution >= 0.6 is 0 Å². The normalized spacial score (nSPS) is 28.9. The molecule has 1 saturated carbocycles. The molecule has 3 atom stereocenters. The lowest BCUT2D eigenvalue weighted by molar-refractivity contribution is -0.161. The molecule has 1 aliphatic rings. The number of rotatable bonds is 8. The first-order valence-corrected chi connectivity index (χ1v) is 7.35. The Labute approximate surface area is 137 Å². The van der Waals surface area contributed by atoms with Gasteiger partial charge >= 0.3 is 23.9 Å². The van der Waals surface area contributed by atoms with Gasteiger partial charge in [0.15, 0.2) is 0 Å². The lowest BCUT2D eigenvalue weighted by Crippen LogP contribution is -2.67. The van der Waals surface area contributed by atoms with Gasteiger partial charge in [-0.25, -0.2) is 0 Å². The number of carboxylic acid groups (broad SMARTS) is 4. The topological polar surface area (TPSA) is 201 Å². The molecule has 8 N–H and O–H groups in total. The van der Waals surface area contributed by atoms with Crippen molar-refractivity contribution >= 4 is 23.9 Å². The molecule has 0 aromatic heterocycles. The van der Waals surface area contributed by atoms with Crippen LogP contribution in [-0.2, 0) is 19.2 Å². The Bertz CT molecular complexity index is 533. The highest BCUT2D eigenvalue weighted by molar-refractivity contribution is 5.75. The average Bonchev–Trinajstić information content (AvgIpc) is 2.37. The molecule has 10 heteroatoms. The minimum atomic E-state index is -1.78. The van der Waals surface area contributed by atoms with Crippen LogP contribution in [0, 0.1) is 11.3 Å². The van der Waals surface area contributed by atoms with Crippen LogP contribution in [0.5, 0.6) is 0 Å². The van der Waals surface area contributed by atoms with Gasteiger partial charge in [-0.15, -0.1) is 0 Å². The minimum Gasteiger partial charge on any atom is -0.481 e. The van der Waals surface area contributed by atoms with Crippen molar-refractivity contribution in [3.8, 4) is 0 Å². The highest BCUT2D eigenvalue weighted by atomic mass is 16.4. The molecular formula is C14H22N2O8. The number of carbonyl (C=O) groups is 4. The third-order valence-electron chi connectivity index (χ3n) is 4.94. The molecule has 1 rings (SSSR count). The second kappa shape index (κ2) is 7.14. The summed E-state index contributed by atoms with van der Waals surface area (Å²) in [5.41, 5.74) is 8.69. The summed E-state index contributed by atoms with van der Waals surface area (Å²) < 4.78 is 0. The number of aliphatic carboxylic acids is 4. The lowest BCUT2D eigenvalue weighted by atomic mass is 9.50. The lowest BCUT2D eigenvalue weighted by Gasteiger charge is -2.56. The third kappa shape index (κ3) is 4.01. The largest absolute Gasteiger partial charge is 0.481 e. The summed E-state index contributed by atoms with van der Waals surface area (Å²) in [6, 6.07) is -0.787. The fourth-order valence-corrected chi connectivity index (χ4v) is 3.94. The molecule has 136 valence electrons. The average molecular weight is 346 g/mol. The van der Waals surface area contributed by atoms with Crippen molar-refractivity contribution in [3.63, 3.8) is 0 Å². The standard InChI is InChI=1S/C14H22N2O8/c15-8-1-2-14(16,6-12(23)24)13(4-10(19)20,5-11(21)22)7(8)3-9(17)18/h7-8H,1-6,15-16H2,(H,17,18)(H,19,20)(H,21,22)(H,23,24). The van der Waals surface area contributed by atoms with Crippen LogP contribution in [0.15, 0.2) is 0 Å². The minimum absolute atomic E-state index is 0.00283. The van der Waals surface area contributed by atoms with Crippen LogP contribution in [-0.4, -0.2) is 55.9 Å². The molecule has 0 heterocycles. The first-order valence-electron chi connectivity index (χ1n) is 7.35. The summed E-state index contributed by atoms with van der Waals surface area (Å²) >= 11 is 0. The Morgan fingerprint density at radius 2 is 1.33 bits per heavy atom. The quantitative estimate of drug-likeness (QED) is 0.326. The Morgan fingerprint density at radius 3 is 1.71 bits per heavy atom. The van der Waals surface area contributed by atoms with Crippen molar-refractivity contribution in [1.29, 1.82) is 0 Å². The second-order valence-electron chi connectivity index (χ2n) is 6.43. The van der Waals surface area contributed by atoms with Gasteiger partial charge in [-0.2, -0.15) is 0 Å². The molecule has 1 fully saturated rings. The number of hydrogen-bond donors (Lipinski definition) is 6.